The zero-order chi connectivity index (χ0) is 10.1. The number of carbonyl (C=O) groups excluding carboxylic acids is 1. The number of halogens is 2. The number of carbonyl (C=O) groups is 1. The highest BCUT2D eigenvalue weighted by Crippen LogP contribution is 2.28. The first-order chi connectivity index (χ1) is 5.96. The lowest BCUT2D eigenvalue weighted by atomic mass is 9.84. The van der Waals surface area contributed by atoms with E-state index in [1.165, 1.54) is 0 Å². The summed E-state index contributed by atoms with van der Waals surface area (Å²) in [4.78, 5) is 11.4. The Hall–Kier alpha value is -0.270. The maximum absolute atomic E-state index is 11.4. The monoisotopic (exact) mass is 218 g/mol. The summed E-state index contributed by atoms with van der Waals surface area (Å²) in [5.41, 5.74) is 0.520. The number of hydrogen-bond acceptors (Lipinski definition) is 1. The quantitative estimate of drug-likeness (QED) is 0.652. The van der Waals surface area contributed by atoms with Crippen molar-refractivity contribution in [1.29, 1.82) is 0 Å². The highest BCUT2D eigenvalue weighted by molar-refractivity contribution is 6.32. The molecule has 1 nitrogen and oxygen atoms in total. The third kappa shape index (κ3) is 2.58. The fourth-order valence-electron chi connectivity index (χ4n) is 1.23. The van der Waals surface area contributed by atoms with Crippen LogP contribution in [0.25, 0.3) is 0 Å². The first kappa shape index (κ1) is 10.8. The van der Waals surface area contributed by atoms with E-state index in [1.54, 1.807) is 6.08 Å². The molecule has 72 valence electrons. The average Bonchev–Trinajstić information content (AvgIpc) is 2.08. The van der Waals surface area contributed by atoms with Gasteiger partial charge in [0.25, 0.3) is 0 Å². The average molecular weight is 219 g/mol. The molecule has 1 atom stereocenters. The predicted molar refractivity (Wildman–Crippen MR) is 56.4 cm³/mol. The molecule has 3 heteroatoms. The van der Waals surface area contributed by atoms with E-state index in [-0.39, 0.29) is 22.5 Å². The van der Waals surface area contributed by atoms with Gasteiger partial charge in [-0.25, -0.2) is 0 Å². The molecule has 1 rings (SSSR count). The normalized spacial score (nSPS) is 22.8. The van der Waals surface area contributed by atoms with Crippen molar-refractivity contribution in [2.24, 2.45) is 5.41 Å². The van der Waals surface area contributed by atoms with Gasteiger partial charge in [-0.15, -0.1) is 23.2 Å². The van der Waals surface area contributed by atoms with Gasteiger partial charge < -0.3 is 0 Å². The highest BCUT2D eigenvalue weighted by Gasteiger charge is 2.24. The molecule has 0 amide bonds. The number of rotatable bonds is 2. The van der Waals surface area contributed by atoms with Crippen molar-refractivity contribution in [3.8, 4) is 0 Å². The first-order valence-electron chi connectivity index (χ1n) is 4.12. The Bertz CT molecular complexity index is 277. The molecule has 0 aliphatic heterocycles. The Kier molecular flexibility index (Phi) is 3.20. The lowest BCUT2D eigenvalue weighted by molar-refractivity contribution is -0.111. The summed E-state index contributed by atoms with van der Waals surface area (Å²) in [6.07, 6.45) is 5.32. The second-order valence-corrected chi connectivity index (χ2v) is 4.58. The maximum atomic E-state index is 11.4. The van der Waals surface area contributed by atoms with Crippen LogP contribution in [0.4, 0.5) is 0 Å². The van der Waals surface area contributed by atoms with E-state index >= 15 is 0 Å². The van der Waals surface area contributed by atoms with Gasteiger partial charge in [-0.3, -0.25) is 4.79 Å². The van der Waals surface area contributed by atoms with Crippen LogP contribution in [0.3, 0.4) is 0 Å². The molecule has 1 aliphatic carbocycles. The van der Waals surface area contributed by atoms with Crippen molar-refractivity contribution in [1.82, 2.24) is 0 Å². The van der Waals surface area contributed by atoms with Crippen LogP contribution in [0.15, 0.2) is 23.8 Å². The minimum Gasteiger partial charge on any atom is -0.290 e. The van der Waals surface area contributed by atoms with Crippen molar-refractivity contribution in [3.05, 3.63) is 23.8 Å². The minimum atomic E-state index is -0.376. The van der Waals surface area contributed by atoms with Gasteiger partial charge in [0.2, 0.25) is 0 Å². The van der Waals surface area contributed by atoms with Gasteiger partial charge in [0.15, 0.2) is 5.78 Å². The van der Waals surface area contributed by atoms with Crippen LogP contribution in [0.1, 0.15) is 13.8 Å². The molecule has 0 bridgehead atoms. The molecular weight excluding hydrogens is 207 g/mol. The zero-order valence-electron chi connectivity index (χ0n) is 7.68. The van der Waals surface area contributed by atoms with Gasteiger partial charge in [0.1, 0.15) is 0 Å². The van der Waals surface area contributed by atoms with E-state index in [4.69, 9.17) is 23.2 Å². The summed E-state index contributed by atoms with van der Waals surface area (Å²) < 4.78 is 0. The minimum absolute atomic E-state index is 0.0278. The molecule has 0 spiro atoms. The zero-order valence-corrected chi connectivity index (χ0v) is 9.19. The van der Waals surface area contributed by atoms with Crippen LogP contribution < -0.4 is 0 Å². The lowest BCUT2D eigenvalue weighted by Gasteiger charge is -2.22. The third-order valence-corrected chi connectivity index (χ3v) is 2.81. The van der Waals surface area contributed by atoms with Crippen molar-refractivity contribution in [2.45, 2.75) is 19.2 Å². The summed E-state index contributed by atoms with van der Waals surface area (Å²) in [6, 6.07) is 0. The van der Waals surface area contributed by atoms with Crippen molar-refractivity contribution >= 4 is 29.0 Å². The highest BCUT2D eigenvalue weighted by atomic mass is 35.5. The number of hydrogen-bond donors (Lipinski definition) is 0. The molecule has 0 N–H and O–H groups in total. The Balaban J connectivity index is 2.95. The van der Waals surface area contributed by atoms with Gasteiger partial charge in [0.05, 0.1) is 5.38 Å². The Morgan fingerprint density at radius 2 is 2.15 bits per heavy atom. The second kappa shape index (κ2) is 3.85. The summed E-state index contributed by atoms with van der Waals surface area (Å²) >= 11 is 11.5. The van der Waals surface area contributed by atoms with Crippen LogP contribution in [0.2, 0.25) is 0 Å². The topological polar surface area (TPSA) is 17.1 Å². The lowest BCUT2D eigenvalue weighted by Crippen LogP contribution is -2.20. The largest absolute Gasteiger partial charge is 0.290 e. The summed E-state index contributed by atoms with van der Waals surface area (Å²) in [5, 5.41) is -0.376. The summed E-state index contributed by atoms with van der Waals surface area (Å²) in [7, 11) is 0. The van der Waals surface area contributed by atoms with E-state index in [9.17, 15) is 4.79 Å². The molecule has 0 aromatic heterocycles. The first-order valence-corrected chi connectivity index (χ1v) is 5.10. The number of alkyl halides is 2. The SMILES string of the molecule is CC1(C)C=CC(=O)C([C@H](Cl)CCl)=C1. The predicted octanol–water partition coefficient (Wildman–Crippen LogP) is 2.92. The molecule has 0 heterocycles. The number of ketones is 1. The van der Waals surface area contributed by atoms with E-state index in [0.717, 1.165) is 0 Å². The molecule has 0 aromatic carbocycles. The van der Waals surface area contributed by atoms with E-state index < -0.39 is 0 Å². The van der Waals surface area contributed by atoms with Crippen molar-refractivity contribution in [3.63, 3.8) is 0 Å². The van der Waals surface area contributed by atoms with Crippen molar-refractivity contribution < 1.29 is 4.79 Å². The fourth-order valence-corrected chi connectivity index (χ4v) is 1.57. The summed E-state index contributed by atoms with van der Waals surface area (Å²) in [5.74, 6) is 0.239. The van der Waals surface area contributed by atoms with Gasteiger partial charge in [-0.1, -0.05) is 26.0 Å². The Morgan fingerprint density at radius 3 is 2.69 bits per heavy atom. The molecule has 0 unspecified atom stereocenters. The Morgan fingerprint density at radius 1 is 1.54 bits per heavy atom. The smallest absolute Gasteiger partial charge is 0.182 e. The van der Waals surface area contributed by atoms with E-state index in [2.05, 4.69) is 0 Å². The molecule has 13 heavy (non-hydrogen) atoms. The van der Waals surface area contributed by atoms with Crippen LogP contribution >= 0.6 is 23.2 Å². The second-order valence-electron chi connectivity index (χ2n) is 3.74. The molecular formula is C10H12Cl2O. The molecule has 0 aromatic rings. The van der Waals surface area contributed by atoms with E-state index in [0.29, 0.717) is 5.57 Å². The van der Waals surface area contributed by atoms with E-state index in [1.807, 2.05) is 26.0 Å². The standard InChI is InChI=1S/C10H12Cl2O/c1-10(2)4-3-9(13)7(5-10)8(12)6-11/h3-5,8H,6H2,1-2H3/t8-/m1/s1. The fraction of sp³-hybridized carbons (Fsp3) is 0.500. The molecule has 1 aliphatic rings. The van der Waals surface area contributed by atoms with Gasteiger partial charge >= 0.3 is 0 Å². The Labute approximate surface area is 88.4 Å². The molecule has 0 fully saturated rings. The van der Waals surface area contributed by atoms with Gasteiger partial charge in [0, 0.05) is 16.9 Å². The molecule has 0 saturated heterocycles. The maximum Gasteiger partial charge on any atom is 0.182 e. The van der Waals surface area contributed by atoms with Gasteiger partial charge in [-0.05, 0) is 6.08 Å². The molecule has 0 radical (unpaired) electrons. The summed E-state index contributed by atoms with van der Waals surface area (Å²) in [6.45, 7) is 4.04. The van der Waals surface area contributed by atoms with Crippen molar-refractivity contribution in [2.75, 3.05) is 5.88 Å². The third-order valence-electron chi connectivity index (χ3n) is 1.95. The van der Waals surface area contributed by atoms with Crippen LogP contribution in [-0.2, 0) is 4.79 Å². The number of allylic oxidation sites excluding steroid dienone is 4. The van der Waals surface area contributed by atoms with Crippen LogP contribution in [-0.4, -0.2) is 17.0 Å². The molecule has 0 saturated carbocycles. The van der Waals surface area contributed by atoms with Gasteiger partial charge in [-0.2, -0.15) is 0 Å². The van der Waals surface area contributed by atoms with Crippen LogP contribution in [0.5, 0.6) is 0 Å². The van der Waals surface area contributed by atoms with Crippen LogP contribution in [0, 0.1) is 5.41 Å².